The summed E-state index contributed by atoms with van der Waals surface area (Å²) in [5.74, 6) is 0. The van der Waals surface area contributed by atoms with E-state index in [9.17, 15) is 0 Å². The van der Waals surface area contributed by atoms with E-state index in [1.165, 1.54) is 11.3 Å². The summed E-state index contributed by atoms with van der Waals surface area (Å²) < 4.78 is 1.70. The molecule has 0 aliphatic carbocycles. The second-order valence-corrected chi connectivity index (χ2v) is 3.14. The third-order valence-corrected chi connectivity index (χ3v) is 2.07. The highest BCUT2D eigenvalue weighted by atomic mass is 79.9. The van der Waals surface area contributed by atoms with E-state index in [0.29, 0.717) is 0 Å². The van der Waals surface area contributed by atoms with Crippen molar-refractivity contribution in [1.82, 2.24) is 14.1 Å². The minimum absolute atomic E-state index is 0.959. The van der Waals surface area contributed by atoms with Crippen LogP contribution in [0.2, 0.25) is 0 Å². The van der Waals surface area contributed by atoms with E-state index in [-0.39, 0.29) is 0 Å². The molecule has 0 spiro atoms. The van der Waals surface area contributed by atoms with Gasteiger partial charge in [-0.2, -0.15) is 5.10 Å². The lowest BCUT2D eigenvalue weighted by atomic mass is 10.1. The molecule has 0 bridgehead atoms. The normalized spacial score (nSPS) is 16.9. The van der Waals surface area contributed by atoms with Gasteiger partial charge < -0.3 is 5.32 Å². The lowest BCUT2D eigenvalue weighted by Gasteiger charge is -2.09. The van der Waals surface area contributed by atoms with Gasteiger partial charge in [0.2, 0.25) is 0 Å². The van der Waals surface area contributed by atoms with Crippen molar-refractivity contribution in [1.29, 1.82) is 0 Å². The Hall–Kier alpha value is -0.350. The lowest BCUT2D eigenvalue weighted by molar-refractivity contribution is 0.636. The van der Waals surface area contributed by atoms with Gasteiger partial charge in [0, 0.05) is 31.3 Å². The monoisotopic (exact) mass is 201 g/mol. The number of nitrogens with one attached hydrogen (secondary N) is 1. The van der Waals surface area contributed by atoms with Gasteiger partial charge in [-0.15, -0.1) is 0 Å². The molecule has 54 valence electrons. The Bertz CT molecular complexity index is 220. The fourth-order valence-electron chi connectivity index (χ4n) is 1.20. The zero-order valence-electron chi connectivity index (χ0n) is 5.47. The molecule has 1 aliphatic rings. The van der Waals surface area contributed by atoms with Crippen molar-refractivity contribution in [2.45, 2.75) is 13.0 Å². The van der Waals surface area contributed by atoms with E-state index in [1.807, 2.05) is 6.20 Å². The molecule has 1 aromatic rings. The van der Waals surface area contributed by atoms with Crippen molar-refractivity contribution in [3.05, 3.63) is 17.5 Å². The van der Waals surface area contributed by atoms with Gasteiger partial charge in [-0.3, -0.25) is 0 Å². The van der Waals surface area contributed by atoms with Gasteiger partial charge >= 0.3 is 0 Å². The molecule has 1 aliphatic heterocycles. The van der Waals surface area contributed by atoms with Crippen molar-refractivity contribution in [2.75, 3.05) is 6.54 Å². The summed E-state index contributed by atoms with van der Waals surface area (Å²) >= 11 is 3.27. The van der Waals surface area contributed by atoms with Crippen LogP contribution < -0.4 is 5.32 Å². The Morgan fingerprint density at radius 3 is 3.40 bits per heavy atom. The molecule has 0 fully saturated rings. The third-order valence-electron chi connectivity index (χ3n) is 1.70. The van der Waals surface area contributed by atoms with Crippen molar-refractivity contribution >= 4 is 16.1 Å². The number of hydrogen-bond acceptors (Lipinski definition) is 2. The lowest BCUT2D eigenvalue weighted by Crippen LogP contribution is -2.22. The van der Waals surface area contributed by atoms with Gasteiger partial charge in [-0.25, -0.2) is 3.71 Å². The maximum atomic E-state index is 4.24. The maximum absolute atomic E-state index is 4.24. The molecule has 4 heteroatoms. The van der Waals surface area contributed by atoms with Crippen molar-refractivity contribution < 1.29 is 0 Å². The second kappa shape index (κ2) is 2.36. The van der Waals surface area contributed by atoms with Crippen LogP contribution in [0.3, 0.4) is 0 Å². The largest absolute Gasteiger partial charge is 0.312 e. The standard InChI is InChI=1S/C6H8BrN3/c7-10-4-5-3-8-2-1-6(5)9-10/h4,8H,1-3H2. The van der Waals surface area contributed by atoms with Crippen LogP contribution in [-0.2, 0) is 13.0 Å². The van der Waals surface area contributed by atoms with Gasteiger partial charge in [0.15, 0.2) is 0 Å². The highest BCUT2D eigenvalue weighted by Crippen LogP contribution is 2.11. The molecule has 10 heavy (non-hydrogen) atoms. The first-order valence-electron chi connectivity index (χ1n) is 3.30. The highest BCUT2D eigenvalue weighted by Gasteiger charge is 2.11. The first-order valence-corrected chi connectivity index (χ1v) is 4.01. The van der Waals surface area contributed by atoms with E-state index < -0.39 is 0 Å². The van der Waals surface area contributed by atoms with Crippen LogP contribution in [0.4, 0.5) is 0 Å². The number of fused-ring (bicyclic) bond motifs is 1. The second-order valence-electron chi connectivity index (χ2n) is 2.42. The predicted molar refractivity (Wildman–Crippen MR) is 42.0 cm³/mol. The first kappa shape index (κ1) is 6.37. The Kier molecular flexibility index (Phi) is 1.50. The van der Waals surface area contributed by atoms with Crippen LogP contribution in [0.5, 0.6) is 0 Å². The third kappa shape index (κ3) is 0.973. The number of hydrogen-bond donors (Lipinski definition) is 1. The van der Waals surface area contributed by atoms with Gasteiger partial charge in [-0.1, -0.05) is 0 Å². The zero-order valence-corrected chi connectivity index (χ0v) is 7.06. The molecule has 1 N–H and O–H groups in total. The molecule has 0 aromatic carbocycles. The molecular weight excluding hydrogens is 194 g/mol. The fourth-order valence-corrected chi connectivity index (χ4v) is 1.64. The SMILES string of the molecule is Brn1cc2c(n1)CCNC2. The molecule has 0 unspecified atom stereocenters. The molecule has 0 saturated carbocycles. The van der Waals surface area contributed by atoms with E-state index in [2.05, 4.69) is 26.6 Å². The van der Waals surface area contributed by atoms with Gasteiger partial charge in [0.25, 0.3) is 0 Å². The van der Waals surface area contributed by atoms with Crippen LogP contribution in [0.1, 0.15) is 11.3 Å². The maximum Gasteiger partial charge on any atom is 0.0743 e. The van der Waals surface area contributed by atoms with E-state index in [4.69, 9.17) is 0 Å². The Morgan fingerprint density at radius 2 is 2.60 bits per heavy atom. The number of aromatic nitrogens is 2. The topological polar surface area (TPSA) is 29.9 Å². The van der Waals surface area contributed by atoms with E-state index >= 15 is 0 Å². The summed E-state index contributed by atoms with van der Waals surface area (Å²) in [6.45, 7) is 2.01. The molecule has 0 amide bonds. The van der Waals surface area contributed by atoms with Crippen molar-refractivity contribution in [3.63, 3.8) is 0 Å². The molecule has 0 saturated heterocycles. The van der Waals surface area contributed by atoms with Crippen LogP contribution in [0, 0.1) is 0 Å². The van der Waals surface area contributed by atoms with Crippen LogP contribution >= 0.6 is 16.1 Å². The van der Waals surface area contributed by atoms with Crippen LogP contribution in [0.25, 0.3) is 0 Å². The van der Waals surface area contributed by atoms with Gasteiger partial charge in [0.05, 0.1) is 21.8 Å². The smallest absolute Gasteiger partial charge is 0.0743 e. The Morgan fingerprint density at radius 1 is 1.70 bits per heavy atom. The molecule has 2 rings (SSSR count). The minimum atomic E-state index is 0.959. The zero-order chi connectivity index (χ0) is 6.97. The summed E-state index contributed by atoms with van der Waals surface area (Å²) in [5.41, 5.74) is 2.53. The Labute approximate surface area is 67.8 Å². The number of nitrogens with zero attached hydrogens (tertiary/aromatic N) is 2. The number of rotatable bonds is 0. The van der Waals surface area contributed by atoms with Gasteiger partial charge in [0.1, 0.15) is 0 Å². The summed E-state index contributed by atoms with van der Waals surface area (Å²) in [4.78, 5) is 0. The van der Waals surface area contributed by atoms with E-state index in [1.54, 1.807) is 3.71 Å². The highest BCUT2D eigenvalue weighted by molar-refractivity contribution is 9.08. The minimum Gasteiger partial charge on any atom is -0.312 e. The van der Waals surface area contributed by atoms with E-state index in [0.717, 1.165) is 19.5 Å². The van der Waals surface area contributed by atoms with Crippen molar-refractivity contribution in [3.8, 4) is 0 Å². The fraction of sp³-hybridized carbons (Fsp3) is 0.500. The van der Waals surface area contributed by atoms with Crippen LogP contribution in [-0.4, -0.2) is 15.4 Å². The molecule has 0 radical (unpaired) electrons. The van der Waals surface area contributed by atoms with Crippen molar-refractivity contribution in [2.24, 2.45) is 0 Å². The average Bonchev–Trinajstić information content (AvgIpc) is 2.27. The molecule has 3 nitrogen and oxygen atoms in total. The summed E-state index contributed by atoms with van der Waals surface area (Å²) in [6.07, 6.45) is 3.05. The summed E-state index contributed by atoms with van der Waals surface area (Å²) in [7, 11) is 0. The molecular formula is C6H8BrN3. The van der Waals surface area contributed by atoms with Crippen LogP contribution in [0.15, 0.2) is 6.20 Å². The number of halogens is 1. The first-order chi connectivity index (χ1) is 4.86. The summed E-state index contributed by atoms with van der Waals surface area (Å²) in [5, 5.41) is 7.52. The molecule has 2 heterocycles. The average molecular weight is 202 g/mol. The Balaban J connectivity index is 2.41. The molecule has 1 aromatic heterocycles. The molecule has 0 atom stereocenters. The predicted octanol–water partition coefficient (Wildman–Crippen LogP) is 0.687. The van der Waals surface area contributed by atoms with Gasteiger partial charge in [-0.05, 0) is 0 Å². The quantitative estimate of drug-likeness (QED) is 0.670. The summed E-state index contributed by atoms with van der Waals surface area (Å²) in [6, 6.07) is 0.